The molecule has 7 heteroatoms. The van der Waals surface area contributed by atoms with Gasteiger partial charge >= 0.3 is 5.97 Å². The number of hydrogen-bond acceptors (Lipinski definition) is 2. The van der Waals surface area contributed by atoms with Gasteiger partial charge in [-0.15, -0.1) is 0 Å². The summed E-state index contributed by atoms with van der Waals surface area (Å²) < 4.78 is 19.0. The molecule has 0 amide bonds. The number of carbonyl (C=O) groups excluding carboxylic acids is 1. The first-order valence-electron chi connectivity index (χ1n) is 9.88. The molecular weight excluding hydrogens is 417 g/mol. The number of aryl methyl sites for hydroxylation is 1. The van der Waals surface area contributed by atoms with Crippen LogP contribution in [-0.4, -0.2) is 28.0 Å². The van der Waals surface area contributed by atoms with Crippen molar-refractivity contribution in [2.24, 2.45) is 0 Å². The van der Waals surface area contributed by atoms with E-state index in [-0.39, 0.29) is 5.82 Å². The van der Waals surface area contributed by atoms with Crippen molar-refractivity contribution in [2.75, 3.05) is 7.11 Å². The van der Waals surface area contributed by atoms with Crippen molar-refractivity contribution in [1.29, 1.82) is 0 Å². The highest BCUT2D eigenvalue weighted by Crippen LogP contribution is 2.42. The van der Waals surface area contributed by atoms with Crippen LogP contribution in [0, 0.1) is 5.82 Å². The average Bonchev–Trinajstić information content (AvgIpc) is 3.47. The van der Waals surface area contributed by atoms with E-state index in [1.165, 1.54) is 19.2 Å². The monoisotopic (exact) mass is 435 g/mol. The number of H-pyrrole nitrogens is 3. The lowest BCUT2D eigenvalue weighted by Crippen LogP contribution is -2.03. The predicted octanol–water partition coefficient (Wildman–Crippen LogP) is 6.45. The molecule has 0 aliphatic carbocycles. The van der Waals surface area contributed by atoms with Crippen molar-refractivity contribution in [1.82, 2.24) is 15.0 Å². The molecule has 31 heavy (non-hydrogen) atoms. The molecule has 3 heterocycles. The van der Waals surface area contributed by atoms with E-state index in [1.807, 2.05) is 12.3 Å². The van der Waals surface area contributed by atoms with E-state index >= 15 is 0 Å². The number of benzene rings is 2. The van der Waals surface area contributed by atoms with Gasteiger partial charge in [0.2, 0.25) is 0 Å². The fraction of sp³-hybridized carbons (Fsp3) is 0.125. The highest BCUT2D eigenvalue weighted by molar-refractivity contribution is 6.32. The molecule has 0 fully saturated rings. The molecule has 0 aliphatic heterocycles. The van der Waals surface area contributed by atoms with E-state index in [4.69, 9.17) is 16.3 Å². The van der Waals surface area contributed by atoms with Crippen LogP contribution in [0.5, 0.6) is 0 Å². The van der Waals surface area contributed by atoms with Crippen LogP contribution in [0.25, 0.3) is 44.1 Å². The number of esters is 1. The third kappa shape index (κ3) is 3.02. The Balaban J connectivity index is 1.82. The van der Waals surface area contributed by atoms with Gasteiger partial charge in [-0.25, -0.2) is 9.18 Å². The van der Waals surface area contributed by atoms with Crippen LogP contribution in [0.2, 0.25) is 5.02 Å². The number of nitrogens with one attached hydrogen (secondary N) is 3. The first kappa shape index (κ1) is 19.5. The molecule has 0 aliphatic rings. The van der Waals surface area contributed by atoms with Crippen LogP contribution >= 0.6 is 11.6 Å². The molecule has 5 aromatic rings. The van der Waals surface area contributed by atoms with E-state index in [1.54, 1.807) is 18.5 Å². The number of methoxy groups -OCH3 is 1. The predicted molar refractivity (Wildman–Crippen MR) is 121 cm³/mol. The molecule has 0 saturated carbocycles. The summed E-state index contributed by atoms with van der Waals surface area (Å²) in [5.74, 6) is -0.844. The van der Waals surface area contributed by atoms with Crippen molar-refractivity contribution in [3.63, 3.8) is 0 Å². The number of fused-ring (bicyclic) bond motifs is 2. The fourth-order valence-corrected chi connectivity index (χ4v) is 4.46. The molecule has 2 aromatic carbocycles. The summed E-state index contributed by atoms with van der Waals surface area (Å²) in [5.41, 5.74) is 6.10. The van der Waals surface area contributed by atoms with E-state index in [9.17, 15) is 9.18 Å². The van der Waals surface area contributed by atoms with Crippen molar-refractivity contribution >= 4 is 39.4 Å². The first-order chi connectivity index (χ1) is 15.0. The number of carbonyl (C=O) groups is 1. The molecule has 0 bridgehead atoms. The van der Waals surface area contributed by atoms with Gasteiger partial charge in [0.05, 0.1) is 7.11 Å². The van der Waals surface area contributed by atoms with Gasteiger partial charge in [-0.1, -0.05) is 18.5 Å². The van der Waals surface area contributed by atoms with Crippen molar-refractivity contribution in [2.45, 2.75) is 13.3 Å². The van der Waals surface area contributed by atoms with Gasteiger partial charge in [-0.05, 0) is 42.3 Å². The maximum absolute atomic E-state index is 14.0. The second-order valence-electron chi connectivity index (χ2n) is 7.38. The Bertz CT molecular complexity index is 1460. The SMILES string of the molecule is CCc1cc2c(-c3c[nH]c(C(=O)OC)c3-c3c[nH]c4ccc(F)cc34)c[nH]c2cc1Cl. The average molecular weight is 436 g/mol. The number of ether oxygens (including phenoxy) is 1. The summed E-state index contributed by atoms with van der Waals surface area (Å²) in [4.78, 5) is 22.1. The molecule has 156 valence electrons. The minimum Gasteiger partial charge on any atom is -0.464 e. The molecule has 0 radical (unpaired) electrons. The molecular formula is C24H19ClFN3O2. The quantitative estimate of drug-likeness (QED) is 0.284. The van der Waals surface area contributed by atoms with Crippen LogP contribution in [0.15, 0.2) is 48.9 Å². The Kier molecular flexibility index (Phi) is 4.59. The third-order valence-electron chi connectivity index (χ3n) is 5.70. The summed E-state index contributed by atoms with van der Waals surface area (Å²) in [6.45, 7) is 2.05. The zero-order chi connectivity index (χ0) is 21.7. The maximum atomic E-state index is 14.0. The zero-order valence-corrected chi connectivity index (χ0v) is 17.7. The fourth-order valence-electron chi connectivity index (χ4n) is 4.16. The Morgan fingerprint density at radius 3 is 2.45 bits per heavy atom. The van der Waals surface area contributed by atoms with Crippen LogP contribution in [0.4, 0.5) is 4.39 Å². The number of hydrogen-bond donors (Lipinski definition) is 3. The van der Waals surface area contributed by atoms with Crippen LogP contribution in [0.3, 0.4) is 0 Å². The highest BCUT2D eigenvalue weighted by Gasteiger charge is 2.24. The van der Waals surface area contributed by atoms with Gasteiger partial charge in [0, 0.05) is 67.7 Å². The smallest absolute Gasteiger partial charge is 0.355 e. The Morgan fingerprint density at radius 1 is 0.968 bits per heavy atom. The topological polar surface area (TPSA) is 73.7 Å². The summed E-state index contributed by atoms with van der Waals surface area (Å²) in [7, 11) is 1.34. The van der Waals surface area contributed by atoms with E-state index in [0.29, 0.717) is 27.2 Å². The minimum atomic E-state index is -0.496. The van der Waals surface area contributed by atoms with Gasteiger partial charge < -0.3 is 19.7 Å². The molecule has 0 unspecified atom stereocenters. The first-order valence-corrected chi connectivity index (χ1v) is 10.3. The van der Waals surface area contributed by atoms with Gasteiger partial charge in [-0.2, -0.15) is 0 Å². The molecule has 0 atom stereocenters. The minimum absolute atomic E-state index is 0.307. The normalized spacial score (nSPS) is 11.5. The summed E-state index contributed by atoms with van der Waals surface area (Å²) >= 11 is 6.39. The van der Waals surface area contributed by atoms with Gasteiger partial charge in [0.15, 0.2) is 0 Å². The highest BCUT2D eigenvalue weighted by atomic mass is 35.5. The van der Waals surface area contributed by atoms with E-state index in [2.05, 4.69) is 27.9 Å². The lowest BCUT2D eigenvalue weighted by atomic mass is 9.95. The van der Waals surface area contributed by atoms with E-state index < -0.39 is 5.97 Å². The maximum Gasteiger partial charge on any atom is 0.355 e. The lowest BCUT2D eigenvalue weighted by Gasteiger charge is -2.07. The lowest BCUT2D eigenvalue weighted by molar-refractivity contribution is 0.0596. The molecule has 0 spiro atoms. The van der Waals surface area contributed by atoms with Crippen molar-refractivity contribution in [3.05, 3.63) is 71.0 Å². The van der Waals surface area contributed by atoms with Crippen molar-refractivity contribution in [3.8, 4) is 22.3 Å². The Hall–Kier alpha value is -3.51. The second kappa shape index (κ2) is 7.32. The Labute approximate surface area is 182 Å². The largest absolute Gasteiger partial charge is 0.464 e. The van der Waals surface area contributed by atoms with Gasteiger partial charge in [0.25, 0.3) is 0 Å². The van der Waals surface area contributed by atoms with E-state index in [0.717, 1.165) is 39.5 Å². The van der Waals surface area contributed by atoms with Gasteiger partial charge in [0.1, 0.15) is 11.5 Å². The third-order valence-corrected chi connectivity index (χ3v) is 6.05. The number of halogens is 2. The zero-order valence-electron chi connectivity index (χ0n) is 16.9. The van der Waals surface area contributed by atoms with Crippen molar-refractivity contribution < 1.29 is 13.9 Å². The van der Waals surface area contributed by atoms with Crippen LogP contribution < -0.4 is 0 Å². The second-order valence-corrected chi connectivity index (χ2v) is 7.79. The standard InChI is InChI=1S/C24H19ClFN3O2/c1-3-12-6-14-16(9-28-21(14)8-19(12)25)18-11-29-23(24(30)31-2)22(18)17-10-27-20-5-4-13(26)7-15(17)20/h4-11,27-29H,3H2,1-2H3. The number of rotatable bonds is 4. The number of aromatic amines is 3. The summed E-state index contributed by atoms with van der Waals surface area (Å²) in [6, 6.07) is 8.51. The number of aromatic nitrogens is 3. The molecule has 3 N–H and O–H groups in total. The molecule has 0 saturated heterocycles. The Morgan fingerprint density at radius 2 is 1.68 bits per heavy atom. The molecule has 5 rings (SSSR count). The van der Waals surface area contributed by atoms with Crippen LogP contribution in [0.1, 0.15) is 23.0 Å². The van der Waals surface area contributed by atoms with Crippen LogP contribution in [-0.2, 0) is 11.2 Å². The summed E-state index contributed by atoms with van der Waals surface area (Å²) in [6.07, 6.45) is 6.26. The molecule has 3 aromatic heterocycles. The van der Waals surface area contributed by atoms with Gasteiger partial charge in [-0.3, -0.25) is 0 Å². The molecule has 5 nitrogen and oxygen atoms in total. The summed E-state index contributed by atoms with van der Waals surface area (Å²) in [5, 5.41) is 2.38.